The summed E-state index contributed by atoms with van der Waals surface area (Å²) in [6.45, 7) is 7.13. The highest BCUT2D eigenvalue weighted by atomic mass is 32.7. The lowest BCUT2D eigenvalue weighted by molar-refractivity contribution is 0.236. The van der Waals surface area contributed by atoms with Gasteiger partial charge in [0.05, 0.1) is 11.4 Å². The molecule has 116 valence electrons. The Morgan fingerprint density at radius 2 is 2.15 bits per heavy atom. The third kappa shape index (κ3) is 4.79. The summed E-state index contributed by atoms with van der Waals surface area (Å²) in [5, 5.41) is 4.46. The lowest BCUT2D eigenvalue weighted by Crippen LogP contribution is -2.24. The Kier molecular flexibility index (Phi) is 7.12. The Morgan fingerprint density at radius 3 is 2.65 bits per heavy atom. The normalized spacial score (nSPS) is 27.4. The Balaban J connectivity index is 2.73. The summed E-state index contributed by atoms with van der Waals surface area (Å²) in [4.78, 5) is 4.37. The van der Waals surface area contributed by atoms with E-state index >= 15 is 0 Å². The van der Waals surface area contributed by atoms with Gasteiger partial charge >= 0.3 is 6.80 Å². The van der Waals surface area contributed by atoms with E-state index in [-0.39, 0.29) is 4.75 Å². The van der Waals surface area contributed by atoms with Gasteiger partial charge in [0.15, 0.2) is 0 Å². The highest BCUT2D eigenvalue weighted by molar-refractivity contribution is 8.55. The Labute approximate surface area is 129 Å². The number of oxime groups is 1. The summed E-state index contributed by atoms with van der Waals surface area (Å²) in [7, 11) is 0. The van der Waals surface area contributed by atoms with Gasteiger partial charge in [0.1, 0.15) is 0 Å². The molecule has 8 heteroatoms. The van der Waals surface area contributed by atoms with E-state index in [1.165, 1.54) is 23.1 Å². The predicted octanol–water partition coefficient (Wildman–Crippen LogP) is 4.94. The van der Waals surface area contributed by atoms with Crippen molar-refractivity contribution in [3.8, 4) is 0 Å². The molecule has 0 aromatic carbocycles. The van der Waals surface area contributed by atoms with Gasteiger partial charge in [-0.2, -0.15) is 0 Å². The molecular weight excluding hydrogens is 315 g/mol. The molecule has 1 heterocycles. The van der Waals surface area contributed by atoms with Crippen LogP contribution in [-0.4, -0.2) is 28.0 Å². The summed E-state index contributed by atoms with van der Waals surface area (Å²) in [5.41, 5.74) is 1.01. The quantitative estimate of drug-likeness (QED) is 0.463. The average molecular weight is 338 g/mol. The lowest BCUT2D eigenvalue weighted by atomic mass is 10.0. The molecule has 1 rings (SSSR count). The van der Waals surface area contributed by atoms with Crippen LogP contribution in [0.25, 0.3) is 0 Å². The first-order valence-corrected chi connectivity index (χ1v) is 10.7. The fraction of sp³-hybridized carbons (Fsp3) is 0.833. The van der Waals surface area contributed by atoms with Gasteiger partial charge in [-0.15, -0.1) is 0 Å². The second kappa shape index (κ2) is 7.87. The predicted molar refractivity (Wildman–Crippen MR) is 89.9 cm³/mol. The minimum Gasteiger partial charge on any atom is -0.303 e. The molecule has 2 unspecified atom stereocenters. The molecule has 0 radical (unpaired) electrons. The topological polar surface area (TPSA) is 60.2 Å². The molecule has 20 heavy (non-hydrogen) atoms. The number of nitrogens with zero attached hydrogens (tertiary/aromatic N) is 2. The first-order valence-electron chi connectivity index (χ1n) is 6.79. The molecule has 2 atom stereocenters. The van der Waals surface area contributed by atoms with Gasteiger partial charge in [0, 0.05) is 11.5 Å². The first kappa shape index (κ1) is 18.1. The van der Waals surface area contributed by atoms with Gasteiger partial charge in [-0.1, -0.05) is 25.6 Å². The van der Waals surface area contributed by atoms with Gasteiger partial charge in [-0.25, -0.2) is 9.56 Å². The second-order valence-electron chi connectivity index (χ2n) is 4.54. The summed E-state index contributed by atoms with van der Waals surface area (Å²) >= 11 is 2.72. The number of thioether (sulfide) groups is 1. The maximum absolute atomic E-state index is 12.4. The van der Waals surface area contributed by atoms with E-state index in [0.29, 0.717) is 17.5 Å². The number of rotatable bonds is 8. The number of aliphatic imine (C=N–C) groups is 1. The maximum Gasteiger partial charge on any atom is 0.460 e. The van der Waals surface area contributed by atoms with Crippen molar-refractivity contribution in [2.45, 2.75) is 52.2 Å². The van der Waals surface area contributed by atoms with E-state index in [4.69, 9.17) is 9.15 Å². The van der Waals surface area contributed by atoms with Crippen LogP contribution in [0.2, 0.25) is 0 Å². The largest absolute Gasteiger partial charge is 0.460 e. The van der Waals surface area contributed by atoms with Crippen LogP contribution in [0.1, 0.15) is 47.5 Å². The van der Waals surface area contributed by atoms with Crippen molar-refractivity contribution in [1.29, 1.82) is 0 Å². The van der Waals surface area contributed by atoms with Crippen molar-refractivity contribution < 1.29 is 13.7 Å². The van der Waals surface area contributed by atoms with E-state index in [1.54, 1.807) is 6.92 Å². The summed E-state index contributed by atoms with van der Waals surface area (Å²) in [6, 6.07) is 0. The van der Waals surface area contributed by atoms with E-state index in [9.17, 15) is 4.57 Å². The van der Waals surface area contributed by atoms with E-state index in [0.717, 1.165) is 18.6 Å². The van der Waals surface area contributed by atoms with Crippen molar-refractivity contribution in [3.05, 3.63) is 0 Å². The van der Waals surface area contributed by atoms with Crippen molar-refractivity contribution >= 4 is 40.8 Å². The highest BCUT2D eigenvalue weighted by Gasteiger charge is 2.35. The minimum atomic E-state index is -3.21. The van der Waals surface area contributed by atoms with Crippen LogP contribution in [0.15, 0.2) is 10.1 Å². The van der Waals surface area contributed by atoms with Crippen LogP contribution in [0, 0.1) is 0 Å². The van der Waals surface area contributed by atoms with Crippen LogP contribution in [0.5, 0.6) is 0 Å². The van der Waals surface area contributed by atoms with E-state index < -0.39 is 6.80 Å². The van der Waals surface area contributed by atoms with Crippen LogP contribution in [0.4, 0.5) is 0 Å². The van der Waals surface area contributed by atoms with Crippen LogP contribution in [0.3, 0.4) is 0 Å². The van der Waals surface area contributed by atoms with Crippen molar-refractivity contribution in [1.82, 2.24) is 0 Å². The van der Waals surface area contributed by atoms with E-state index in [1.807, 2.05) is 13.8 Å². The molecule has 0 bridgehead atoms. The Morgan fingerprint density at radius 1 is 1.45 bits per heavy atom. The zero-order chi connectivity index (χ0) is 15.2. The Hall–Kier alpha value is 0.0300. The molecule has 0 saturated heterocycles. The van der Waals surface area contributed by atoms with Gasteiger partial charge in [-0.05, 0) is 50.2 Å². The summed E-state index contributed by atoms with van der Waals surface area (Å²) in [6.07, 6.45) is 1.86. The minimum absolute atomic E-state index is 0.0473. The molecule has 0 aliphatic carbocycles. The van der Waals surface area contributed by atoms with Gasteiger partial charge in [0.2, 0.25) is 5.17 Å². The third-order valence-electron chi connectivity index (χ3n) is 2.98. The summed E-state index contributed by atoms with van der Waals surface area (Å²) < 4.78 is 22.8. The molecule has 0 fully saturated rings. The van der Waals surface area contributed by atoms with Crippen molar-refractivity contribution in [2.24, 2.45) is 10.1 Å². The third-order valence-corrected chi connectivity index (χ3v) is 8.14. The van der Waals surface area contributed by atoms with Crippen LogP contribution >= 0.6 is 29.9 Å². The average Bonchev–Trinajstić information content (AvgIpc) is 2.71. The molecule has 0 aromatic rings. The molecular formula is C12H23N2O3PS2. The molecule has 5 nitrogen and oxygen atoms in total. The number of hydrogen-bond donors (Lipinski definition) is 0. The standard InChI is InChI=1S/C12H23N2O3PS2/c1-6-9-19-18(15,16-8-3)17-14-11-13-10(4)12(5,7-2)20-11/h6-9H2,1-5H3. The van der Waals surface area contributed by atoms with Crippen LogP contribution in [-0.2, 0) is 13.7 Å². The molecule has 0 N–H and O–H groups in total. The zero-order valence-corrected chi connectivity index (χ0v) is 15.2. The Bertz CT molecular complexity index is 442. The first-order chi connectivity index (χ1) is 9.39. The molecule has 1 aliphatic rings. The molecule has 0 aromatic heterocycles. The van der Waals surface area contributed by atoms with Gasteiger partial charge in [-0.3, -0.25) is 4.52 Å². The van der Waals surface area contributed by atoms with Crippen molar-refractivity contribution in [3.63, 3.8) is 0 Å². The molecule has 1 aliphatic heterocycles. The number of hydrogen-bond acceptors (Lipinski definition) is 6. The van der Waals surface area contributed by atoms with E-state index in [2.05, 4.69) is 24.0 Å². The lowest BCUT2D eigenvalue weighted by Gasteiger charge is -2.19. The fourth-order valence-electron chi connectivity index (χ4n) is 1.46. The smallest absolute Gasteiger partial charge is 0.303 e. The molecule has 0 amide bonds. The maximum atomic E-state index is 12.4. The fourth-order valence-corrected chi connectivity index (χ4v) is 5.58. The monoisotopic (exact) mass is 338 g/mol. The second-order valence-corrected chi connectivity index (χ2v) is 10.1. The SMILES string of the molecule is CCCSP(=O)(OCC)ON=C1N=C(C)C(C)(CC)S1. The molecule has 0 spiro atoms. The van der Waals surface area contributed by atoms with Gasteiger partial charge < -0.3 is 4.62 Å². The molecule has 0 saturated carbocycles. The zero-order valence-electron chi connectivity index (χ0n) is 12.7. The highest BCUT2D eigenvalue weighted by Crippen LogP contribution is 2.61. The number of amidine groups is 1. The van der Waals surface area contributed by atoms with Crippen molar-refractivity contribution in [2.75, 3.05) is 12.4 Å². The summed E-state index contributed by atoms with van der Waals surface area (Å²) in [5.74, 6) is 0.713. The van der Waals surface area contributed by atoms with Gasteiger partial charge in [0.25, 0.3) is 0 Å². The van der Waals surface area contributed by atoms with Crippen LogP contribution < -0.4 is 0 Å².